The summed E-state index contributed by atoms with van der Waals surface area (Å²) in [7, 11) is 0. The first-order valence-electron chi connectivity index (χ1n) is 10.6. The summed E-state index contributed by atoms with van der Waals surface area (Å²) in [5, 5.41) is 40.8. The summed E-state index contributed by atoms with van der Waals surface area (Å²) in [6, 6.07) is 11.4. The zero-order chi connectivity index (χ0) is 24.7. The average molecular weight is 470 g/mol. The molecule has 0 saturated heterocycles. The minimum absolute atomic E-state index is 0.197. The normalized spacial score (nSPS) is 13.1. The minimum atomic E-state index is -1.24. The van der Waals surface area contributed by atoms with Gasteiger partial charge in [0.1, 0.15) is 11.6 Å². The first kappa shape index (κ1) is 24.9. The number of allylic oxidation sites excluding steroid dienone is 2. The molecule has 3 N–H and O–H groups in total. The van der Waals surface area contributed by atoms with E-state index in [0.29, 0.717) is 34.6 Å². The monoisotopic (exact) mass is 470 g/mol. The van der Waals surface area contributed by atoms with Gasteiger partial charge in [0.25, 0.3) is 0 Å². The fourth-order valence-electron chi connectivity index (χ4n) is 3.44. The van der Waals surface area contributed by atoms with Crippen molar-refractivity contribution >= 4 is 17.1 Å². The fourth-order valence-corrected chi connectivity index (χ4v) is 3.44. The largest absolute Gasteiger partial charge is 0.481 e. The molecule has 0 bridgehead atoms. The van der Waals surface area contributed by atoms with Crippen LogP contribution < -0.4 is 0 Å². The molecule has 0 spiro atoms. The molecular formula is C24H24F2N4O4. The van der Waals surface area contributed by atoms with Gasteiger partial charge in [-0.3, -0.25) is 4.79 Å². The average Bonchev–Trinajstić information content (AvgIpc) is 3.26. The molecule has 2 atom stereocenters. The summed E-state index contributed by atoms with van der Waals surface area (Å²) in [6.07, 6.45) is -0.160. The predicted octanol–water partition coefficient (Wildman–Crippen LogP) is 3.07. The van der Waals surface area contributed by atoms with Crippen LogP contribution >= 0.6 is 0 Å². The maximum Gasteiger partial charge on any atom is 0.305 e. The molecule has 1 heterocycles. The highest BCUT2D eigenvalue weighted by Crippen LogP contribution is 2.33. The first-order chi connectivity index (χ1) is 16.3. The van der Waals surface area contributed by atoms with Crippen molar-refractivity contribution in [3.8, 4) is 0 Å². The second kappa shape index (κ2) is 11.4. The highest BCUT2D eigenvalue weighted by atomic mass is 19.1. The van der Waals surface area contributed by atoms with Crippen molar-refractivity contribution in [2.75, 3.05) is 0 Å². The number of aromatic nitrogens is 4. The van der Waals surface area contributed by atoms with Crippen molar-refractivity contribution in [2.45, 2.75) is 38.5 Å². The summed E-state index contributed by atoms with van der Waals surface area (Å²) in [5.41, 5.74) is 2.20. The smallest absolute Gasteiger partial charge is 0.305 e. The lowest BCUT2D eigenvalue weighted by molar-refractivity contribution is -0.139. The van der Waals surface area contributed by atoms with E-state index < -0.39 is 36.2 Å². The number of benzene rings is 2. The molecule has 0 radical (unpaired) electrons. The molecule has 0 fully saturated rings. The van der Waals surface area contributed by atoms with Crippen LogP contribution in [0, 0.1) is 11.6 Å². The Bertz CT molecular complexity index is 1130. The summed E-state index contributed by atoms with van der Waals surface area (Å²) in [5.74, 6) is -1.69. The van der Waals surface area contributed by atoms with Crippen LogP contribution in [0.4, 0.5) is 8.78 Å². The molecule has 3 aromatic rings. The van der Waals surface area contributed by atoms with E-state index in [9.17, 15) is 23.8 Å². The second-order valence-corrected chi connectivity index (χ2v) is 7.53. The lowest BCUT2D eigenvalue weighted by atomic mass is 9.91. The number of aliphatic hydroxyl groups is 2. The summed E-state index contributed by atoms with van der Waals surface area (Å²) in [6.45, 7) is 2.27. The number of tetrazole rings is 1. The van der Waals surface area contributed by atoms with Crippen LogP contribution in [0.15, 0.2) is 60.7 Å². The van der Waals surface area contributed by atoms with Crippen molar-refractivity contribution in [1.82, 2.24) is 20.2 Å². The predicted molar refractivity (Wildman–Crippen MR) is 120 cm³/mol. The molecule has 8 nitrogen and oxygen atoms in total. The van der Waals surface area contributed by atoms with Crippen molar-refractivity contribution < 1.29 is 28.9 Å². The van der Waals surface area contributed by atoms with Gasteiger partial charge < -0.3 is 15.3 Å². The number of aryl methyl sites for hydroxylation is 1. The molecule has 0 amide bonds. The van der Waals surface area contributed by atoms with Gasteiger partial charge in [0.05, 0.1) is 18.6 Å². The number of hydrogen-bond acceptors (Lipinski definition) is 6. The maximum absolute atomic E-state index is 13.6. The zero-order valence-corrected chi connectivity index (χ0v) is 18.3. The molecule has 178 valence electrons. The Morgan fingerprint density at radius 3 is 2.09 bits per heavy atom. The molecule has 0 saturated carbocycles. The summed E-state index contributed by atoms with van der Waals surface area (Å²) in [4.78, 5) is 10.8. The molecule has 0 unspecified atom stereocenters. The number of halogens is 2. The lowest BCUT2D eigenvalue weighted by Gasteiger charge is -2.15. The van der Waals surface area contributed by atoms with Crippen LogP contribution in [-0.2, 0) is 11.3 Å². The van der Waals surface area contributed by atoms with E-state index in [1.807, 2.05) is 6.92 Å². The minimum Gasteiger partial charge on any atom is -0.481 e. The van der Waals surface area contributed by atoms with Gasteiger partial charge in [-0.05, 0) is 58.3 Å². The van der Waals surface area contributed by atoms with E-state index >= 15 is 0 Å². The van der Waals surface area contributed by atoms with Crippen LogP contribution in [0.3, 0.4) is 0 Å². The third-order valence-electron chi connectivity index (χ3n) is 5.02. The number of rotatable bonds is 10. The number of hydrogen-bond donors (Lipinski definition) is 3. The van der Waals surface area contributed by atoms with Crippen molar-refractivity contribution in [3.05, 3.63) is 89.3 Å². The van der Waals surface area contributed by atoms with Crippen molar-refractivity contribution in [1.29, 1.82) is 0 Å². The highest BCUT2D eigenvalue weighted by molar-refractivity contribution is 6.00. The molecule has 2 aromatic carbocycles. The van der Waals surface area contributed by atoms with E-state index in [1.54, 1.807) is 30.3 Å². The van der Waals surface area contributed by atoms with Gasteiger partial charge in [0.2, 0.25) is 0 Å². The molecule has 0 aliphatic rings. The number of carboxylic acid groups (broad SMARTS) is 1. The standard InChI is InChI=1S/C24H24F2N4O4/c1-2-30-24(27-28-29-30)21(12-11-19(31)13-20(32)14-22(33)34)23(15-3-7-17(25)8-4-15)16-5-9-18(26)10-6-16/h3-12,19-20,31-32H,2,13-14H2,1H3,(H,33,34)/b12-11+/t19-,20-/m1/s1. The topological polar surface area (TPSA) is 121 Å². The SMILES string of the molecule is CCn1nnnc1C(/C=C/[C@@H](O)C[C@@H](O)CC(=O)O)=C(c1ccc(F)cc1)c1ccc(F)cc1. The quantitative estimate of drug-likeness (QED) is 0.389. The molecule has 34 heavy (non-hydrogen) atoms. The van der Waals surface area contributed by atoms with Gasteiger partial charge in [-0.2, -0.15) is 0 Å². The number of aliphatic hydroxyl groups excluding tert-OH is 2. The zero-order valence-electron chi connectivity index (χ0n) is 18.3. The second-order valence-electron chi connectivity index (χ2n) is 7.53. The Balaban J connectivity index is 2.16. The van der Waals surface area contributed by atoms with Gasteiger partial charge in [-0.1, -0.05) is 36.4 Å². The Kier molecular flexibility index (Phi) is 8.34. The molecular weight excluding hydrogens is 446 g/mol. The Labute approximate surface area is 194 Å². The van der Waals surface area contributed by atoms with Gasteiger partial charge in [-0.15, -0.1) is 5.10 Å². The summed E-state index contributed by atoms with van der Waals surface area (Å²) >= 11 is 0. The lowest BCUT2D eigenvalue weighted by Crippen LogP contribution is -2.19. The van der Waals surface area contributed by atoms with Crippen LogP contribution in [0.25, 0.3) is 11.1 Å². The van der Waals surface area contributed by atoms with Crippen LogP contribution in [-0.4, -0.2) is 53.7 Å². The maximum atomic E-state index is 13.6. The number of nitrogens with zero attached hydrogens (tertiary/aromatic N) is 4. The Morgan fingerprint density at radius 1 is 1.03 bits per heavy atom. The van der Waals surface area contributed by atoms with E-state index in [-0.39, 0.29) is 6.42 Å². The molecule has 0 aliphatic heterocycles. The van der Waals surface area contributed by atoms with Gasteiger partial charge in [0.15, 0.2) is 5.82 Å². The van der Waals surface area contributed by atoms with Gasteiger partial charge in [0, 0.05) is 18.5 Å². The van der Waals surface area contributed by atoms with E-state index in [0.717, 1.165) is 0 Å². The molecule has 3 rings (SSSR count). The number of aliphatic carboxylic acids is 1. The number of carboxylic acids is 1. The Morgan fingerprint density at radius 2 is 1.59 bits per heavy atom. The van der Waals surface area contributed by atoms with E-state index in [4.69, 9.17) is 5.11 Å². The molecule has 10 heteroatoms. The number of carbonyl (C=O) groups is 1. The molecule has 0 aliphatic carbocycles. The van der Waals surface area contributed by atoms with Crippen LogP contribution in [0.5, 0.6) is 0 Å². The van der Waals surface area contributed by atoms with E-state index in [1.165, 1.54) is 35.0 Å². The third kappa shape index (κ3) is 6.40. The highest BCUT2D eigenvalue weighted by Gasteiger charge is 2.19. The molecule has 1 aromatic heterocycles. The van der Waals surface area contributed by atoms with Crippen LogP contribution in [0.2, 0.25) is 0 Å². The van der Waals surface area contributed by atoms with E-state index in [2.05, 4.69) is 15.5 Å². The first-order valence-corrected chi connectivity index (χ1v) is 10.6. The van der Waals surface area contributed by atoms with Crippen molar-refractivity contribution in [3.63, 3.8) is 0 Å². The Hall–Kier alpha value is -3.76. The third-order valence-corrected chi connectivity index (χ3v) is 5.02. The van der Waals surface area contributed by atoms with Gasteiger partial charge in [-0.25, -0.2) is 13.5 Å². The van der Waals surface area contributed by atoms with Crippen molar-refractivity contribution in [2.24, 2.45) is 0 Å². The summed E-state index contributed by atoms with van der Waals surface area (Å²) < 4.78 is 28.8. The van der Waals surface area contributed by atoms with Gasteiger partial charge >= 0.3 is 5.97 Å². The van der Waals surface area contributed by atoms with Crippen LogP contribution in [0.1, 0.15) is 36.7 Å². The fraction of sp³-hybridized carbons (Fsp3) is 0.250.